The molecule has 0 radical (unpaired) electrons. The predicted molar refractivity (Wildman–Crippen MR) is 57.9 cm³/mol. The van der Waals surface area contributed by atoms with Crippen molar-refractivity contribution in [2.24, 2.45) is 0 Å². The summed E-state index contributed by atoms with van der Waals surface area (Å²) in [5, 5.41) is 0.648. The lowest BCUT2D eigenvalue weighted by Crippen LogP contribution is -1.94. The van der Waals surface area contributed by atoms with E-state index >= 15 is 0 Å². The minimum absolute atomic E-state index is 0.333. The molecule has 2 aromatic rings. The summed E-state index contributed by atoms with van der Waals surface area (Å²) in [5.41, 5.74) is 1.73. The molecular weight excluding hydrogens is 212 g/mol. The van der Waals surface area contributed by atoms with Gasteiger partial charge >= 0.3 is 0 Å². The Bertz CT molecular complexity index is 482. The van der Waals surface area contributed by atoms with Gasteiger partial charge in [0, 0.05) is 23.0 Å². The Kier molecular flexibility index (Phi) is 2.74. The van der Waals surface area contributed by atoms with Crippen LogP contribution >= 0.6 is 11.6 Å². The quantitative estimate of drug-likeness (QED) is 0.728. The highest BCUT2D eigenvalue weighted by molar-refractivity contribution is 6.30. The summed E-state index contributed by atoms with van der Waals surface area (Å²) in [4.78, 5) is 18.8. The third kappa shape index (κ3) is 2.02. The first-order valence-corrected chi connectivity index (χ1v) is 4.71. The molecule has 0 unspecified atom stereocenters. The van der Waals surface area contributed by atoms with E-state index in [0.29, 0.717) is 22.7 Å². The first-order chi connectivity index (χ1) is 7.31. The Morgan fingerprint density at radius 2 is 1.73 bits per heavy atom. The van der Waals surface area contributed by atoms with Gasteiger partial charge < -0.3 is 0 Å². The third-order valence-electron chi connectivity index (χ3n) is 1.96. The van der Waals surface area contributed by atoms with Crippen molar-refractivity contribution in [1.29, 1.82) is 0 Å². The molecule has 1 heterocycles. The van der Waals surface area contributed by atoms with E-state index in [4.69, 9.17) is 11.6 Å². The van der Waals surface area contributed by atoms with Crippen molar-refractivity contribution in [3.8, 4) is 11.3 Å². The van der Waals surface area contributed by atoms with Gasteiger partial charge in [0.1, 0.15) is 5.69 Å². The van der Waals surface area contributed by atoms with Crippen LogP contribution in [0.25, 0.3) is 11.3 Å². The lowest BCUT2D eigenvalue weighted by atomic mass is 10.1. The lowest BCUT2D eigenvalue weighted by molar-refractivity contribution is 0.111. The number of rotatable bonds is 2. The zero-order valence-corrected chi connectivity index (χ0v) is 8.48. The van der Waals surface area contributed by atoms with Gasteiger partial charge in [-0.05, 0) is 12.1 Å². The van der Waals surface area contributed by atoms with Gasteiger partial charge in [-0.1, -0.05) is 23.7 Å². The van der Waals surface area contributed by atoms with Crippen molar-refractivity contribution in [2.45, 2.75) is 0 Å². The Hall–Kier alpha value is -1.74. The monoisotopic (exact) mass is 218 g/mol. The number of nitrogens with zero attached hydrogens (tertiary/aromatic N) is 2. The molecule has 1 aromatic carbocycles. The molecule has 0 aliphatic carbocycles. The van der Waals surface area contributed by atoms with Crippen LogP contribution in [-0.2, 0) is 0 Å². The number of hydrogen-bond acceptors (Lipinski definition) is 3. The number of hydrogen-bond donors (Lipinski definition) is 0. The number of carbonyl (C=O) groups is 1. The van der Waals surface area contributed by atoms with Gasteiger partial charge in [0.15, 0.2) is 6.29 Å². The number of halogens is 1. The van der Waals surface area contributed by atoms with Crippen molar-refractivity contribution < 1.29 is 4.79 Å². The average Bonchev–Trinajstić information content (AvgIpc) is 2.30. The maximum Gasteiger partial charge on any atom is 0.170 e. The highest BCUT2D eigenvalue weighted by Crippen LogP contribution is 2.20. The van der Waals surface area contributed by atoms with Gasteiger partial charge in [0.05, 0.1) is 5.69 Å². The summed E-state index contributed by atoms with van der Waals surface area (Å²) in [6, 6.07) is 7.11. The van der Waals surface area contributed by atoms with E-state index < -0.39 is 0 Å². The minimum Gasteiger partial charge on any atom is -0.296 e. The third-order valence-corrected chi connectivity index (χ3v) is 2.21. The first kappa shape index (κ1) is 9.80. The van der Waals surface area contributed by atoms with Crippen LogP contribution in [0.4, 0.5) is 0 Å². The van der Waals surface area contributed by atoms with Crippen LogP contribution in [0.3, 0.4) is 0 Å². The molecule has 0 spiro atoms. The summed E-state index contributed by atoms with van der Waals surface area (Å²) in [6.45, 7) is 0. The van der Waals surface area contributed by atoms with Crippen LogP contribution in [0.15, 0.2) is 36.7 Å². The average molecular weight is 219 g/mol. The number of benzene rings is 1. The van der Waals surface area contributed by atoms with Gasteiger partial charge in [-0.2, -0.15) is 0 Å². The number of aldehydes is 1. The fraction of sp³-hybridized carbons (Fsp3) is 0. The molecule has 0 N–H and O–H groups in total. The van der Waals surface area contributed by atoms with Crippen molar-refractivity contribution >= 4 is 17.9 Å². The maximum atomic E-state index is 10.7. The van der Waals surface area contributed by atoms with Crippen LogP contribution in [0.2, 0.25) is 5.02 Å². The smallest absolute Gasteiger partial charge is 0.170 e. The van der Waals surface area contributed by atoms with Gasteiger partial charge in [-0.3, -0.25) is 9.78 Å². The molecule has 4 heteroatoms. The van der Waals surface area contributed by atoms with Crippen molar-refractivity contribution in [2.75, 3.05) is 0 Å². The molecule has 0 amide bonds. The van der Waals surface area contributed by atoms with Crippen LogP contribution in [0.1, 0.15) is 10.5 Å². The van der Waals surface area contributed by atoms with Crippen molar-refractivity contribution in [3.63, 3.8) is 0 Å². The van der Waals surface area contributed by atoms with E-state index in [2.05, 4.69) is 9.97 Å². The van der Waals surface area contributed by atoms with Crippen LogP contribution in [0, 0.1) is 0 Å². The predicted octanol–water partition coefficient (Wildman–Crippen LogP) is 2.61. The molecular formula is C11H7ClN2O. The summed E-state index contributed by atoms with van der Waals surface area (Å²) in [5.74, 6) is 0. The molecule has 0 fully saturated rings. The SMILES string of the molecule is O=Cc1nccnc1-c1ccc(Cl)cc1. The summed E-state index contributed by atoms with van der Waals surface area (Å²) in [7, 11) is 0. The zero-order chi connectivity index (χ0) is 10.7. The zero-order valence-electron chi connectivity index (χ0n) is 7.72. The van der Waals surface area contributed by atoms with E-state index in [-0.39, 0.29) is 0 Å². The molecule has 0 aliphatic heterocycles. The summed E-state index contributed by atoms with van der Waals surface area (Å²) >= 11 is 5.77. The van der Waals surface area contributed by atoms with Gasteiger partial charge in [-0.15, -0.1) is 0 Å². The molecule has 0 atom stereocenters. The van der Waals surface area contributed by atoms with E-state index in [1.165, 1.54) is 6.20 Å². The fourth-order valence-corrected chi connectivity index (χ4v) is 1.39. The highest BCUT2D eigenvalue weighted by atomic mass is 35.5. The Labute approximate surface area is 91.8 Å². The highest BCUT2D eigenvalue weighted by Gasteiger charge is 2.05. The Morgan fingerprint density at radius 1 is 1.07 bits per heavy atom. The van der Waals surface area contributed by atoms with Crippen molar-refractivity contribution in [1.82, 2.24) is 9.97 Å². The minimum atomic E-state index is 0.333. The molecule has 74 valence electrons. The molecule has 1 aromatic heterocycles. The van der Waals surface area contributed by atoms with Crippen LogP contribution < -0.4 is 0 Å². The second kappa shape index (κ2) is 4.19. The molecule has 15 heavy (non-hydrogen) atoms. The lowest BCUT2D eigenvalue weighted by Gasteiger charge is -2.02. The number of aromatic nitrogens is 2. The molecule has 3 nitrogen and oxygen atoms in total. The van der Waals surface area contributed by atoms with E-state index in [0.717, 1.165) is 5.56 Å². The Balaban J connectivity index is 2.53. The molecule has 2 rings (SSSR count). The number of carbonyl (C=O) groups excluding carboxylic acids is 1. The van der Waals surface area contributed by atoms with E-state index in [1.807, 2.05) is 0 Å². The van der Waals surface area contributed by atoms with Gasteiger partial charge in [-0.25, -0.2) is 4.98 Å². The topological polar surface area (TPSA) is 42.9 Å². The molecule has 0 aliphatic rings. The second-order valence-corrected chi connectivity index (χ2v) is 3.35. The van der Waals surface area contributed by atoms with Crippen molar-refractivity contribution in [3.05, 3.63) is 47.4 Å². The summed E-state index contributed by atoms with van der Waals surface area (Å²) in [6.07, 6.45) is 3.73. The maximum absolute atomic E-state index is 10.7. The second-order valence-electron chi connectivity index (χ2n) is 2.91. The van der Waals surface area contributed by atoms with E-state index in [1.54, 1.807) is 30.5 Å². The molecule has 0 bridgehead atoms. The van der Waals surface area contributed by atoms with Gasteiger partial charge in [0.25, 0.3) is 0 Å². The fourth-order valence-electron chi connectivity index (χ4n) is 1.27. The van der Waals surface area contributed by atoms with Gasteiger partial charge in [0.2, 0.25) is 0 Å². The van der Waals surface area contributed by atoms with Crippen LogP contribution in [-0.4, -0.2) is 16.3 Å². The molecule has 0 saturated heterocycles. The molecule has 0 saturated carbocycles. The standard InChI is InChI=1S/C11H7ClN2O/c12-9-3-1-8(2-4-9)11-10(7-15)13-5-6-14-11/h1-7H. The Morgan fingerprint density at radius 3 is 2.40 bits per heavy atom. The van der Waals surface area contributed by atoms with E-state index in [9.17, 15) is 4.79 Å². The largest absolute Gasteiger partial charge is 0.296 e. The first-order valence-electron chi connectivity index (χ1n) is 4.33. The normalized spacial score (nSPS) is 9.93. The van der Waals surface area contributed by atoms with Crippen LogP contribution in [0.5, 0.6) is 0 Å². The summed E-state index contributed by atoms with van der Waals surface area (Å²) < 4.78 is 0.